The molecule has 0 aliphatic heterocycles. The van der Waals surface area contributed by atoms with Crippen LogP contribution < -0.4 is 34.0 Å². The van der Waals surface area contributed by atoms with E-state index in [1.807, 2.05) is 30.4 Å². The van der Waals surface area contributed by atoms with Gasteiger partial charge in [0.1, 0.15) is 5.75 Å². The number of rotatable bonds is 0. The topological polar surface area (TPSA) is 20.2 Å². The van der Waals surface area contributed by atoms with Crippen molar-refractivity contribution in [1.29, 1.82) is 0 Å². The first-order valence-corrected chi connectivity index (χ1v) is 5.52. The Morgan fingerprint density at radius 2 is 1.68 bits per heavy atom. The van der Waals surface area contributed by atoms with E-state index in [1.54, 1.807) is 6.07 Å². The van der Waals surface area contributed by atoms with Gasteiger partial charge in [0.25, 0.3) is 0 Å². The number of para-hydroxylation sites is 1. The molecule has 0 aromatic heterocycles. The largest absolute Gasteiger partial charge is 1.00 e. The Balaban J connectivity index is -0.000000277. The van der Waals surface area contributed by atoms with E-state index < -0.39 is 0 Å². The van der Waals surface area contributed by atoms with E-state index in [1.165, 1.54) is 0 Å². The fourth-order valence-corrected chi connectivity index (χ4v) is 1.45. The minimum Gasteiger partial charge on any atom is -1.00 e. The van der Waals surface area contributed by atoms with Crippen molar-refractivity contribution in [2.75, 3.05) is 0 Å². The Morgan fingerprint density at radius 3 is 1.95 bits per heavy atom. The van der Waals surface area contributed by atoms with Crippen LogP contribution in [0.1, 0.15) is 32.8 Å². The SMILES string of the molecule is CC(C)(C)c1ccccc1O.[Br-].[Br-].[C-]1=CC=CC1.[Ti]. The van der Waals surface area contributed by atoms with Crippen molar-refractivity contribution in [1.82, 2.24) is 0 Å². The molecular formula is C15H19Br2OTi-3. The summed E-state index contributed by atoms with van der Waals surface area (Å²) in [6.07, 6.45) is 10.0. The Labute approximate surface area is 152 Å². The maximum absolute atomic E-state index is 9.45. The zero-order valence-corrected chi connectivity index (χ0v) is 16.2. The first-order chi connectivity index (χ1) is 7.52. The van der Waals surface area contributed by atoms with Gasteiger partial charge in [-0.3, -0.25) is 6.08 Å². The number of hydrogen-bond donors (Lipinski definition) is 1. The summed E-state index contributed by atoms with van der Waals surface area (Å²) in [6.45, 7) is 6.26. The standard InChI is InChI=1S/C10H14O.C5H5.2BrH.Ti/c1-10(2,3)8-6-4-5-7-9(8)11;1-2-4-5-3-1;;;/h4-7,11H,1-3H3;1-3H,4H2;2*1H;/q;-1;;;/p-2. The summed E-state index contributed by atoms with van der Waals surface area (Å²) >= 11 is 0. The zero-order chi connectivity index (χ0) is 12.0. The zero-order valence-electron chi connectivity index (χ0n) is 11.5. The van der Waals surface area contributed by atoms with Gasteiger partial charge in [0.15, 0.2) is 0 Å². The van der Waals surface area contributed by atoms with E-state index in [0.29, 0.717) is 5.75 Å². The second kappa shape index (κ2) is 12.0. The molecule has 0 fully saturated rings. The van der Waals surface area contributed by atoms with Gasteiger partial charge in [-0.05, 0) is 17.0 Å². The molecule has 0 unspecified atom stereocenters. The smallest absolute Gasteiger partial charge is 0.119 e. The molecule has 2 rings (SSSR count). The van der Waals surface area contributed by atoms with E-state index >= 15 is 0 Å². The summed E-state index contributed by atoms with van der Waals surface area (Å²) < 4.78 is 0. The Bertz CT molecular complexity index is 385. The van der Waals surface area contributed by atoms with Crippen LogP contribution in [0.3, 0.4) is 0 Å². The number of halogens is 2. The quantitative estimate of drug-likeness (QED) is 0.379. The van der Waals surface area contributed by atoms with E-state index in [-0.39, 0.29) is 61.1 Å². The fraction of sp³-hybridized carbons (Fsp3) is 0.333. The third-order valence-electron chi connectivity index (χ3n) is 2.30. The van der Waals surface area contributed by atoms with Crippen molar-refractivity contribution < 1.29 is 60.8 Å². The molecular weight excluding hydrogens is 404 g/mol. The molecule has 0 saturated heterocycles. The van der Waals surface area contributed by atoms with Crippen molar-refractivity contribution >= 4 is 0 Å². The Hall–Kier alpha value is 0.174. The van der Waals surface area contributed by atoms with Crippen LogP contribution >= 0.6 is 0 Å². The Kier molecular flexibility index (Phi) is 15.2. The number of phenols is 1. The number of benzene rings is 1. The molecule has 1 aromatic carbocycles. The van der Waals surface area contributed by atoms with Gasteiger partial charge in [-0.2, -0.15) is 6.08 Å². The van der Waals surface area contributed by atoms with Gasteiger partial charge in [-0.1, -0.05) is 39.0 Å². The van der Waals surface area contributed by atoms with Gasteiger partial charge in [-0.15, -0.1) is 6.42 Å². The molecule has 106 valence electrons. The van der Waals surface area contributed by atoms with E-state index in [4.69, 9.17) is 0 Å². The minimum absolute atomic E-state index is 0. The van der Waals surface area contributed by atoms with Crippen LogP contribution in [0.25, 0.3) is 0 Å². The molecule has 1 aliphatic rings. The second-order valence-electron chi connectivity index (χ2n) is 4.77. The van der Waals surface area contributed by atoms with Crippen molar-refractivity contribution in [2.24, 2.45) is 0 Å². The number of hydrogen-bond acceptors (Lipinski definition) is 1. The number of aromatic hydroxyl groups is 1. The molecule has 0 atom stereocenters. The summed E-state index contributed by atoms with van der Waals surface area (Å²) in [5.41, 5.74) is 1.03. The third-order valence-corrected chi connectivity index (χ3v) is 2.30. The summed E-state index contributed by atoms with van der Waals surface area (Å²) in [6, 6.07) is 7.46. The van der Waals surface area contributed by atoms with Crippen LogP contribution in [0.5, 0.6) is 5.75 Å². The molecule has 0 spiro atoms. The maximum Gasteiger partial charge on any atom is 0.119 e. The van der Waals surface area contributed by atoms with E-state index in [2.05, 4.69) is 32.9 Å². The average molecular weight is 423 g/mol. The molecule has 1 aromatic rings. The molecule has 1 N–H and O–H groups in total. The summed E-state index contributed by atoms with van der Waals surface area (Å²) in [4.78, 5) is 0. The predicted octanol–water partition coefficient (Wildman–Crippen LogP) is -2.00. The van der Waals surface area contributed by atoms with Crippen molar-refractivity contribution in [2.45, 2.75) is 32.6 Å². The van der Waals surface area contributed by atoms with E-state index in [9.17, 15) is 5.11 Å². The van der Waals surface area contributed by atoms with E-state index in [0.717, 1.165) is 12.0 Å². The van der Waals surface area contributed by atoms with Crippen LogP contribution in [-0.4, -0.2) is 5.11 Å². The van der Waals surface area contributed by atoms with Crippen LogP contribution in [0.2, 0.25) is 0 Å². The van der Waals surface area contributed by atoms with Gasteiger partial charge < -0.3 is 39.1 Å². The normalized spacial score (nSPS) is 11.3. The predicted molar refractivity (Wildman–Crippen MR) is 68.4 cm³/mol. The van der Waals surface area contributed by atoms with Gasteiger partial charge in [0, 0.05) is 21.7 Å². The van der Waals surface area contributed by atoms with Crippen LogP contribution in [-0.2, 0) is 27.1 Å². The fourth-order valence-electron chi connectivity index (χ4n) is 1.45. The molecule has 0 bridgehead atoms. The van der Waals surface area contributed by atoms with Crippen molar-refractivity contribution in [3.8, 4) is 5.75 Å². The molecule has 0 amide bonds. The molecule has 19 heavy (non-hydrogen) atoms. The molecule has 0 radical (unpaired) electrons. The monoisotopic (exact) mass is 421 g/mol. The maximum atomic E-state index is 9.45. The molecule has 1 aliphatic carbocycles. The van der Waals surface area contributed by atoms with Gasteiger partial charge in [0.2, 0.25) is 0 Å². The van der Waals surface area contributed by atoms with Crippen LogP contribution in [0.15, 0.2) is 42.5 Å². The number of phenolic OH excluding ortho intramolecular Hbond substituents is 1. The van der Waals surface area contributed by atoms with Crippen molar-refractivity contribution in [3.63, 3.8) is 0 Å². The van der Waals surface area contributed by atoms with Gasteiger partial charge in [-0.25, -0.2) is 12.2 Å². The van der Waals surface area contributed by atoms with Crippen molar-refractivity contribution in [3.05, 3.63) is 54.1 Å². The Morgan fingerprint density at radius 1 is 1.11 bits per heavy atom. The first-order valence-electron chi connectivity index (χ1n) is 5.52. The summed E-state index contributed by atoms with van der Waals surface area (Å²) in [5, 5.41) is 9.45. The minimum atomic E-state index is 0. The van der Waals surface area contributed by atoms with Crippen LogP contribution in [0, 0.1) is 6.08 Å². The first kappa shape index (κ1) is 24.2. The summed E-state index contributed by atoms with van der Waals surface area (Å²) in [7, 11) is 0. The summed E-state index contributed by atoms with van der Waals surface area (Å²) in [5.74, 6) is 0.389. The molecule has 4 heteroatoms. The number of allylic oxidation sites excluding steroid dienone is 4. The molecule has 0 heterocycles. The third kappa shape index (κ3) is 9.67. The van der Waals surface area contributed by atoms with Crippen LogP contribution in [0.4, 0.5) is 0 Å². The second-order valence-corrected chi connectivity index (χ2v) is 4.77. The van der Waals surface area contributed by atoms with Gasteiger partial charge in [0.05, 0.1) is 0 Å². The molecule has 0 saturated carbocycles. The molecule has 1 nitrogen and oxygen atoms in total. The van der Waals surface area contributed by atoms with Gasteiger partial charge >= 0.3 is 0 Å². The average Bonchev–Trinajstić information content (AvgIpc) is 2.74.